The Balaban J connectivity index is 1.93. The molecule has 1 saturated carbocycles. The molecule has 1 amide bonds. The summed E-state index contributed by atoms with van der Waals surface area (Å²) in [5.74, 6) is 6.66. The van der Waals surface area contributed by atoms with Crippen molar-refractivity contribution in [1.82, 2.24) is 4.90 Å². The number of amides is 1. The van der Waals surface area contributed by atoms with Crippen LogP contribution < -0.4 is 4.74 Å². The lowest BCUT2D eigenvalue weighted by Gasteiger charge is -2.54. The Morgan fingerprint density at radius 2 is 1.73 bits per heavy atom. The van der Waals surface area contributed by atoms with E-state index in [1.807, 2.05) is 51.1 Å². The van der Waals surface area contributed by atoms with Gasteiger partial charge in [-0.1, -0.05) is 30.0 Å². The van der Waals surface area contributed by atoms with Gasteiger partial charge in [0.1, 0.15) is 6.07 Å². The third-order valence-electron chi connectivity index (χ3n) is 5.57. The molecule has 5 nitrogen and oxygen atoms in total. The molecule has 1 aliphatic carbocycles. The van der Waals surface area contributed by atoms with Crippen LogP contribution in [0.15, 0.2) is 42.5 Å². The number of hydrogen-bond donors (Lipinski definition) is 1. The first kappa shape index (κ1) is 21.3. The smallest absolute Gasteiger partial charge is 0.408 e. The zero-order valence-corrected chi connectivity index (χ0v) is 17.8. The summed E-state index contributed by atoms with van der Waals surface area (Å²) < 4.78 is 5.34. The van der Waals surface area contributed by atoms with Crippen molar-refractivity contribution >= 4 is 6.09 Å². The molecule has 30 heavy (non-hydrogen) atoms. The minimum Gasteiger partial charge on any atom is -0.494 e. The molecule has 1 fully saturated rings. The van der Waals surface area contributed by atoms with Gasteiger partial charge in [0.25, 0.3) is 0 Å². The Bertz CT molecular complexity index is 1040. The Kier molecular flexibility index (Phi) is 5.76. The van der Waals surface area contributed by atoms with Gasteiger partial charge in [0.2, 0.25) is 0 Å². The molecule has 2 aromatic carbocycles. The van der Waals surface area contributed by atoms with Crippen LogP contribution in [0.5, 0.6) is 5.75 Å². The van der Waals surface area contributed by atoms with Gasteiger partial charge in [-0.05, 0) is 69.9 Å². The van der Waals surface area contributed by atoms with Crippen molar-refractivity contribution in [1.29, 1.82) is 5.26 Å². The predicted octanol–water partition coefficient (Wildman–Crippen LogP) is 5.12. The highest BCUT2D eigenvalue weighted by Gasteiger charge is 2.50. The number of methoxy groups -OCH3 is 1. The molecule has 0 atom stereocenters. The number of carboxylic acid groups (broad SMARTS) is 1. The lowest BCUT2D eigenvalue weighted by molar-refractivity contribution is -0.0328. The molecule has 2 aromatic rings. The van der Waals surface area contributed by atoms with Gasteiger partial charge in [0, 0.05) is 11.1 Å². The molecule has 3 rings (SSSR count). The molecule has 0 heterocycles. The quantitative estimate of drug-likeness (QED) is 0.723. The number of nitriles is 1. The molecule has 0 bridgehead atoms. The Morgan fingerprint density at radius 3 is 2.20 bits per heavy atom. The van der Waals surface area contributed by atoms with E-state index in [-0.39, 0.29) is 0 Å². The molecule has 0 aliphatic heterocycles. The van der Waals surface area contributed by atoms with E-state index < -0.39 is 17.2 Å². The molecule has 1 aliphatic rings. The van der Waals surface area contributed by atoms with E-state index in [0.717, 1.165) is 30.4 Å². The maximum absolute atomic E-state index is 12.1. The van der Waals surface area contributed by atoms with E-state index in [4.69, 9.17) is 4.74 Å². The second kappa shape index (κ2) is 8.13. The van der Waals surface area contributed by atoms with Gasteiger partial charge in [0.05, 0.1) is 23.8 Å². The van der Waals surface area contributed by atoms with E-state index in [1.54, 1.807) is 17.0 Å². The predicted molar refractivity (Wildman–Crippen MR) is 115 cm³/mol. The van der Waals surface area contributed by atoms with Gasteiger partial charge in [-0.2, -0.15) is 5.26 Å². The molecule has 154 valence electrons. The first-order valence-electron chi connectivity index (χ1n) is 9.96. The van der Waals surface area contributed by atoms with E-state index >= 15 is 0 Å². The lowest BCUT2D eigenvalue weighted by Crippen LogP contribution is -2.60. The largest absolute Gasteiger partial charge is 0.494 e. The van der Waals surface area contributed by atoms with Crippen molar-refractivity contribution in [3.63, 3.8) is 0 Å². The van der Waals surface area contributed by atoms with Crippen LogP contribution in [-0.2, 0) is 5.54 Å². The molecule has 0 radical (unpaired) electrons. The van der Waals surface area contributed by atoms with Crippen molar-refractivity contribution in [2.75, 3.05) is 7.11 Å². The minimum atomic E-state index is -0.893. The monoisotopic (exact) mass is 402 g/mol. The van der Waals surface area contributed by atoms with Gasteiger partial charge >= 0.3 is 6.09 Å². The summed E-state index contributed by atoms with van der Waals surface area (Å²) in [4.78, 5) is 13.7. The molecule has 5 heteroatoms. The normalized spacial score (nSPS) is 14.5. The van der Waals surface area contributed by atoms with E-state index in [1.165, 1.54) is 7.11 Å². The summed E-state index contributed by atoms with van der Waals surface area (Å²) in [7, 11) is 1.53. The van der Waals surface area contributed by atoms with Gasteiger partial charge < -0.3 is 9.84 Å². The highest BCUT2D eigenvalue weighted by atomic mass is 16.5. The topological polar surface area (TPSA) is 73.6 Å². The van der Waals surface area contributed by atoms with Crippen LogP contribution in [0.1, 0.15) is 62.3 Å². The summed E-state index contributed by atoms with van der Waals surface area (Å²) in [6.45, 7) is 5.80. The summed E-state index contributed by atoms with van der Waals surface area (Å²) in [6.07, 6.45) is 1.76. The summed E-state index contributed by atoms with van der Waals surface area (Å²) in [6, 6.07) is 15.2. The highest BCUT2D eigenvalue weighted by molar-refractivity contribution is 5.68. The number of rotatable bonds is 3. The minimum absolute atomic E-state index is 0.447. The molecule has 0 spiro atoms. The second-order valence-electron chi connectivity index (χ2n) is 8.50. The SMILES string of the molecule is COc1c(C#N)cccc1C#Cc1ccc(C2(N(C(=O)O)C(C)(C)C)CCC2)cc1. The van der Waals surface area contributed by atoms with Crippen LogP contribution in [0.3, 0.4) is 0 Å². The van der Waals surface area contributed by atoms with Crippen LogP contribution in [-0.4, -0.2) is 28.7 Å². The first-order valence-corrected chi connectivity index (χ1v) is 9.96. The zero-order valence-electron chi connectivity index (χ0n) is 17.8. The van der Waals surface area contributed by atoms with Crippen LogP contribution in [0.2, 0.25) is 0 Å². The van der Waals surface area contributed by atoms with Crippen molar-refractivity contribution in [3.05, 3.63) is 64.7 Å². The molecular formula is C25H26N2O3. The Hall–Kier alpha value is -3.44. The van der Waals surface area contributed by atoms with Crippen molar-refractivity contribution < 1.29 is 14.6 Å². The van der Waals surface area contributed by atoms with Crippen molar-refractivity contribution in [3.8, 4) is 23.7 Å². The standard InChI is InChI=1S/C25H26N2O3/c1-24(2,3)27(23(28)29)25(15-6-16-25)21-13-10-18(11-14-21)9-12-19-7-5-8-20(17-26)22(19)30-4/h5,7-8,10-11,13-14H,6,15-16H2,1-4H3,(H,28,29). The highest BCUT2D eigenvalue weighted by Crippen LogP contribution is 2.49. The van der Waals surface area contributed by atoms with E-state index in [9.17, 15) is 15.2 Å². The van der Waals surface area contributed by atoms with Crippen LogP contribution in [0.4, 0.5) is 4.79 Å². The fraction of sp³-hybridized carbons (Fsp3) is 0.360. The van der Waals surface area contributed by atoms with Crippen LogP contribution >= 0.6 is 0 Å². The fourth-order valence-electron chi connectivity index (χ4n) is 4.21. The second-order valence-corrected chi connectivity index (χ2v) is 8.50. The van der Waals surface area contributed by atoms with Crippen molar-refractivity contribution in [2.24, 2.45) is 0 Å². The van der Waals surface area contributed by atoms with Gasteiger partial charge in [-0.3, -0.25) is 4.90 Å². The summed E-state index contributed by atoms with van der Waals surface area (Å²) in [5.41, 5.74) is 1.94. The summed E-state index contributed by atoms with van der Waals surface area (Å²) >= 11 is 0. The van der Waals surface area contributed by atoms with Gasteiger partial charge in [-0.15, -0.1) is 0 Å². The maximum Gasteiger partial charge on any atom is 0.408 e. The number of nitrogens with zero attached hydrogens (tertiary/aromatic N) is 2. The first-order chi connectivity index (χ1) is 14.2. The average Bonchev–Trinajstić information content (AvgIpc) is 2.67. The number of carbonyl (C=O) groups is 1. The Morgan fingerprint density at radius 1 is 1.10 bits per heavy atom. The molecule has 0 unspecified atom stereocenters. The molecule has 1 N–H and O–H groups in total. The average molecular weight is 402 g/mol. The molecule has 0 saturated heterocycles. The Labute approximate surface area is 177 Å². The maximum atomic E-state index is 12.1. The van der Waals surface area contributed by atoms with Crippen molar-refractivity contribution in [2.45, 2.75) is 51.1 Å². The van der Waals surface area contributed by atoms with Crippen LogP contribution in [0.25, 0.3) is 0 Å². The third kappa shape index (κ3) is 3.84. The van der Waals surface area contributed by atoms with E-state index in [0.29, 0.717) is 16.9 Å². The third-order valence-corrected chi connectivity index (χ3v) is 5.57. The molecular weight excluding hydrogens is 376 g/mol. The van der Waals surface area contributed by atoms with Gasteiger partial charge in [-0.25, -0.2) is 4.79 Å². The fourth-order valence-corrected chi connectivity index (χ4v) is 4.21. The molecule has 0 aromatic heterocycles. The number of hydrogen-bond acceptors (Lipinski definition) is 3. The van der Waals surface area contributed by atoms with Gasteiger partial charge in [0.15, 0.2) is 5.75 Å². The number of ether oxygens (including phenoxy) is 1. The zero-order chi connectivity index (χ0) is 21.9. The summed E-state index contributed by atoms with van der Waals surface area (Å²) in [5, 5.41) is 19.1. The number of para-hydroxylation sites is 1. The lowest BCUT2D eigenvalue weighted by atomic mass is 9.69. The van der Waals surface area contributed by atoms with E-state index in [2.05, 4.69) is 17.9 Å². The van der Waals surface area contributed by atoms with Crippen LogP contribution in [0, 0.1) is 23.2 Å². The number of benzene rings is 2.